The fourth-order valence-electron chi connectivity index (χ4n) is 5.02. The molecule has 8 nitrogen and oxygen atoms in total. The SMILES string of the molecule is CC/C=C\C/C=C\C/C=C\C/C=C\CCCCCCCCCCC(=O)OC(COC(=O)CCCCC/C=C\C/C=C\C/C=C\CC)COP(=O)(O)O. The average molecular weight is 747 g/mol. The zero-order valence-corrected chi connectivity index (χ0v) is 33.3. The van der Waals surface area contributed by atoms with Gasteiger partial charge in [-0.1, -0.05) is 144 Å². The molecule has 0 aromatic rings. The second kappa shape index (κ2) is 38.0. The van der Waals surface area contributed by atoms with Crippen LogP contribution in [0.5, 0.6) is 0 Å². The summed E-state index contributed by atoms with van der Waals surface area (Å²) < 4.78 is 26.3. The Morgan fingerprint density at radius 3 is 1.31 bits per heavy atom. The lowest BCUT2D eigenvalue weighted by molar-refractivity contribution is -0.161. The summed E-state index contributed by atoms with van der Waals surface area (Å²) in [6.07, 6.45) is 50.2. The molecule has 0 aliphatic heterocycles. The van der Waals surface area contributed by atoms with Crippen molar-refractivity contribution < 1.29 is 37.9 Å². The molecule has 9 heteroatoms. The summed E-state index contributed by atoms with van der Waals surface area (Å²) in [6, 6.07) is 0. The van der Waals surface area contributed by atoms with Gasteiger partial charge in [-0.2, -0.15) is 0 Å². The Bertz CT molecular complexity index is 1110. The molecule has 52 heavy (non-hydrogen) atoms. The first-order valence-corrected chi connectivity index (χ1v) is 21.4. The topological polar surface area (TPSA) is 119 Å². The highest BCUT2D eigenvalue weighted by atomic mass is 31.2. The lowest BCUT2D eigenvalue weighted by Crippen LogP contribution is -2.29. The van der Waals surface area contributed by atoms with Crippen LogP contribution in [0.15, 0.2) is 85.1 Å². The molecule has 0 fully saturated rings. The number of carbonyl (C=O) groups excluding carboxylic acids is 2. The molecule has 0 bridgehead atoms. The predicted octanol–water partition coefficient (Wildman–Crippen LogP) is 12.1. The van der Waals surface area contributed by atoms with E-state index in [4.69, 9.17) is 19.3 Å². The first kappa shape index (κ1) is 49.2. The van der Waals surface area contributed by atoms with Crippen molar-refractivity contribution in [3.05, 3.63) is 85.1 Å². The van der Waals surface area contributed by atoms with Crippen molar-refractivity contribution in [1.82, 2.24) is 0 Å². The zero-order chi connectivity index (χ0) is 38.2. The van der Waals surface area contributed by atoms with Gasteiger partial charge in [0.25, 0.3) is 0 Å². The smallest absolute Gasteiger partial charge is 0.462 e. The normalized spacial score (nSPS) is 13.4. The fraction of sp³-hybridized carbons (Fsp3) is 0.628. The molecule has 0 heterocycles. The molecule has 0 saturated heterocycles. The number of hydrogen-bond donors (Lipinski definition) is 2. The number of esters is 2. The van der Waals surface area contributed by atoms with E-state index in [0.717, 1.165) is 89.9 Å². The lowest BCUT2D eigenvalue weighted by Gasteiger charge is -2.18. The third-order valence-electron chi connectivity index (χ3n) is 7.91. The fourth-order valence-corrected chi connectivity index (χ4v) is 5.38. The van der Waals surface area contributed by atoms with Gasteiger partial charge in [0.05, 0.1) is 6.61 Å². The number of phosphoric acid groups is 1. The van der Waals surface area contributed by atoms with Crippen LogP contribution in [0.3, 0.4) is 0 Å². The lowest BCUT2D eigenvalue weighted by atomic mass is 10.1. The van der Waals surface area contributed by atoms with Crippen molar-refractivity contribution in [2.75, 3.05) is 13.2 Å². The Kier molecular flexibility index (Phi) is 35.9. The summed E-state index contributed by atoms with van der Waals surface area (Å²) in [5.41, 5.74) is 0. The van der Waals surface area contributed by atoms with E-state index in [9.17, 15) is 14.2 Å². The molecule has 296 valence electrons. The molecule has 0 spiro atoms. The Morgan fingerprint density at radius 1 is 0.500 bits per heavy atom. The minimum atomic E-state index is -4.77. The van der Waals surface area contributed by atoms with Crippen LogP contribution in [0.4, 0.5) is 0 Å². The highest BCUT2D eigenvalue weighted by Gasteiger charge is 2.22. The monoisotopic (exact) mass is 746 g/mol. The maximum atomic E-state index is 12.4. The van der Waals surface area contributed by atoms with E-state index in [0.29, 0.717) is 12.8 Å². The summed E-state index contributed by atoms with van der Waals surface area (Å²) in [6.45, 7) is 3.41. The largest absolute Gasteiger partial charge is 0.469 e. The molecule has 0 aromatic heterocycles. The van der Waals surface area contributed by atoms with Crippen LogP contribution in [0.2, 0.25) is 0 Å². The first-order chi connectivity index (χ1) is 25.3. The third kappa shape index (κ3) is 40.0. The van der Waals surface area contributed by atoms with Crippen molar-refractivity contribution in [2.45, 2.75) is 161 Å². The second-order valence-corrected chi connectivity index (χ2v) is 14.1. The van der Waals surface area contributed by atoms with Crippen molar-refractivity contribution in [3.63, 3.8) is 0 Å². The number of allylic oxidation sites excluding steroid dienone is 14. The molecular formula is C43H71O8P. The summed E-state index contributed by atoms with van der Waals surface area (Å²) in [5, 5.41) is 0. The number of unbranched alkanes of at least 4 members (excludes halogenated alkanes) is 11. The van der Waals surface area contributed by atoms with Crippen LogP contribution >= 0.6 is 7.82 Å². The van der Waals surface area contributed by atoms with Crippen molar-refractivity contribution >= 4 is 19.8 Å². The Hall–Kier alpha value is -2.77. The van der Waals surface area contributed by atoms with Crippen LogP contribution < -0.4 is 0 Å². The third-order valence-corrected chi connectivity index (χ3v) is 8.39. The van der Waals surface area contributed by atoms with Gasteiger partial charge in [0.2, 0.25) is 0 Å². The molecule has 1 unspecified atom stereocenters. The number of phosphoric ester groups is 1. The van der Waals surface area contributed by atoms with E-state index < -0.39 is 32.5 Å². The molecule has 0 radical (unpaired) electrons. The van der Waals surface area contributed by atoms with Crippen molar-refractivity contribution in [3.8, 4) is 0 Å². The van der Waals surface area contributed by atoms with Gasteiger partial charge in [-0.25, -0.2) is 4.57 Å². The Morgan fingerprint density at radius 2 is 0.865 bits per heavy atom. The molecule has 0 saturated carbocycles. The van der Waals surface area contributed by atoms with Gasteiger partial charge < -0.3 is 19.3 Å². The van der Waals surface area contributed by atoms with Crippen molar-refractivity contribution in [2.24, 2.45) is 0 Å². The van der Waals surface area contributed by atoms with Gasteiger partial charge in [0.15, 0.2) is 6.10 Å². The molecule has 0 aliphatic rings. The molecule has 0 aromatic carbocycles. The molecular weight excluding hydrogens is 675 g/mol. The molecule has 1 atom stereocenters. The van der Waals surface area contributed by atoms with E-state index >= 15 is 0 Å². The molecule has 0 rings (SSSR count). The molecule has 0 amide bonds. The van der Waals surface area contributed by atoms with Gasteiger partial charge in [-0.3, -0.25) is 14.1 Å². The van der Waals surface area contributed by atoms with Crippen LogP contribution in [-0.4, -0.2) is 41.0 Å². The minimum Gasteiger partial charge on any atom is -0.462 e. The number of ether oxygens (including phenoxy) is 2. The number of carbonyl (C=O) groups is 2. The van der Waals surface area contributed by atoms with Crippen LogP contribution in [-0.2, 0) is 28.2 Å². The van der Waals surface area contributed by atoms with Gasteiger partial charge in [0, 0.05) is 12.8 Å². The summed E-state index contributed by atoms with van der Waals surface area (Å²) in [7, 11) is -4.77. The van der Waals surface area contributed by atoms with Gasteiger partial charge in [0.1, 0.15) is 6.61 Å². The van der Waals surface area contributed by atoms with Crippen molar-refractivity contribution in [1.29, 1.82) is 0 Å². The highest BCUT2D eigenvalue weighted by Crippen LogP contribution is 2.36. The first-order valence-electron chi connectivity index (χ1n) is 19.9. The van der Waals surface area contributed by atoms with Gasteiger partial charge in [-0.15, -0.1) is 0 Å². The number of rotatable bonds is 35. The van der Waals surface area contributed by atoms with Crippen LogP contribution in [0.25, 0.3) is 0 Å². The van der Waals surface area contributed by atoms with E-state index in [-0.39, 0.29) is 19.4 Å². The standard InChI is InChI=1S/C43H71O8P/c1-3-5-7-9-11-13-15-17-18-19-20-21-22-23-24-26-28-30-32-34-36-38-43(45)51-41(40-50-52(46,47)48)39-49-42(44)37-35-33-31-29-27-25-16-14-12-10-8-6-4-2/h5-8,11-14,17-18,20-21,25,27,41H,3-4,9-10,15-16,19,22-24,26,28-40H2,1-2H3,(H2,46,47,48)/b7-5-,8-6-,13-11-,14-12-,18-17-,21-20-,27-25-. The average Bonchev–Trinajstić information content (AvgIpc) is 3.11. The summed E-state index contributed by atoms with van der Waals surface area (Å²) >= 11 is 0. The van der Waals surface area contributed by atoms with E-state index in [1.165, 1.54) is 25.7 Å². The van der Waals surface area contributed by atoms with Gasteiger partial charge >= 0.3 is 19.8 Å². The number of hydrogen-bond acceptors (Lipinski definition) is 6. The predicted molar refractivity (Wildman–Crippen MR) is 216 cm³/mol. The maximum absolute atomic E-state index is 12.4. The van der Waals surface area contributed by atoms with E-state index in [2.05, 4.69) is 103 Å². The molecule has 0 aliphatic carbocycles. The quantitative estimate of drug-likeness (QED) is 0.0285. The van der Waals surface area contributed by atoms with Crippen LogP contribution in [0, 0.1) is 0 Å². The highest BCUT2D eigenvalue weighted by molar-refractivity contribution is 7.46. The summed E-state index contributed by atoms with van der Waals surface area (Å²) in [4.78, 5) is 42.8. The maximum Gasteiger partial charge on any atom is 0.469 e. The van der Waals surface area contributed by atoms with E-state index in [1.807, 2.05) is 0 Å². The second-order valence-electron chi connectivity index (χ2n) is 12.8. The van der Waals surface area contributed by atoms with Gasteiger partial charge in [-0.05, 0) is 83.5 Å². The van der Waals surface area contributed by atoms with Crippen LogP contribution in [0.1, 0.15) is 155 Å². The zero-order valence-electron chi connectivity index (χ0n) is 32.4. The van der Waals surface area contributed by atoms with E-state index in [1.54, 1.807) is 0 Å². The minimum absolute atomic E-state index is 0.191. The summed E-state index contributed by atoms with van der Waals surface area (Å²) in [5.74, 6) is -0.937. The Labute approximate surface area is 316 Å². The molecule has 2 N–H and O–H groups in total. The Balaban J connectivity index is 3.99.